The van der Waals surface area contributed by atoms with E-state index in [1.807, 2.05) is 0 Å². The third kappa shape index (κ3) is 3.60. The van der Waals surface area contributed by atoms with Gasteiger partial charge in [0.1, 0.15) is 0 Å². The third-order valence-corrected chi connectivity index (χ3v) is 10.1. The molecule has 35 heavy (non-hydrogen) atoms. The van der Waals surface area contributed by atoms with Crippen LogP contribution in [0.15, 0.2) is 133 Å². The zero-order valence-electron chi connectivity index (χ0n) is 19.1. The van der Waals surface area contributed by atoms with Crippen molar-refractivity contribution in [3.63, 3.8) is 0 Å². The molecule has 0 aliphatic heterocycles. The molecule has 7 aromatic rings. The topological polar surface area (TPSA) is 0 Å². The standard InChI is InChI=1S/C34H22Te/c1-3-11-25-21-27(18-17-23(25)9-1)33-29-13-5-7-15-31(29)34(32-16-8-6-14-30(32)33)35-28-20-19-24-10-2-4-12-26(24)22-28/h1-22H. The summed E-state index contributed by atoms with van der Waals surface area (Å²) < 4.78 is 3.00. The van der Waals surface area contributed by atoms with Gasteiger partial charge < -0.3 is 0 Å². The Kier molecular flexibility index (Phi) is 5.06. The van der Waals surface area contributed by atoms with Crippen molar-refractivity contribution < 1.29 is 0 Å². The molecular formula is C34H22Te. The summed E-state index contributed by atoms with van der Waals surface area (Å²) in [6.45, 7) is 0. The first-order chi connectivity index (χ1) is 17.3. The zero-order chi connectivity index (χ0) is 23.2. The molecule has 0 atom stereocenters. The van der Waals surface area contributed by atoms with Crippen LogP contribution in [-0.2, 0) is 0 Å². The fourth-order valence-electron chi connectivity index (χ4n) is 5.20. The van der Waals surface area contributed by atoms with E-state index in [2.05, 4.69) is 133 Å². The van der Waals surface area contributed by atoms with E-state index in [0.717, 1.165) is 0 Å². The van der Waals surface area contributed by atoms with E-state index >= 15 is 0 Å². The molecule has 0 heterocycles. The molecule has 0 fully saturated rings. The van der Waals surface area contributed by atoms with Crippen molar-refractivity contribution in [2.75, 3.05) is 0 Å². The molecule has 164 valence electrons. The van der Waals surface area contributed by atoms with Gasteiger partial charge in [0.15, 0.2) is 0 Å². The first-order valence-corrected chi connectivity index (χ1v) is 14.3. The van der Waals surface area contributed by atoms with Crippen molar-refractivity contribution in [2.24, 2.45) is 0 Å². The molecular weight excluding hydrogens is 536 g/mol. The summed E-state index contributed by atoms with van der Waals surface area (Å²) in [4.78, 5) is 0. The Bertz CT molecular complexity index is 1820. The van der Waals surface area contributed by atoms with E-state index in [0.29, 0.717) is 0 Å². The Morgan fingerprint density at radius 2 is 0.857 bits per heavy atom. The van der Waals surface area contributed by atoms with Crippen LogP contribution in [0.25, 0.3) is 54.2 Å². The predicted octanol–water partition coefficient (Wildman–Crippen LogP) is 7.62. The second-order valence-electron chi connectivity index (χ2n) is 8.97. The number of hydrogen-bond donors (Lipinski definition) is 0. The average Bonchev–Trinajstić information content (AvgIpc) is 2.93. The van der Waals surface area contributed by atoms with Gasteiger partial charge in [-0.2, -0.15) is 0 Å². The van der Waals surface area contributed by atoms with E-state index in [1.165, 1.54) is 61.4 Å². The monoisotopic (exact) mass is 560 g/mol. The summed E-state index contributed by atoms with van der Waals surface area (Å²) >= 11 is -0.593. The molecule has 0 aliphatic rings. The molecule has 0 aliphatic carbocycles. The van der Waals surface area contributed by atoms with Crippen molar-refractivity contribution >= 4 is 71.2 Å². The van der Waals surface area contributed by atoms with Crippen LogP contribution in [0.2, 0.25) is 0 Å². The molecule has 0 aromatic heterocycles. The van der Waals surface area contributed by atoms with Crippen LogP contribution in [-0.4, -0.2) is 20.9 Å². The summed E-state index contributed by atoms with van der Waals surface area (Å²) in [7, 11) is 0. The summed E-state index contributed by atoms with van der Waals surface area (Å²) in [6, 6.07) is 49.2. The molecule has 0 amide bonds. The normalized spacial score (nSPS) is 11.5. The van der Waals surface area contributed by atoms with Crippen molar-refractivity contribution in [1.29, 1.82) is 0 Å². The average molecular weight is 558 g/mol. The Labute approximate surface area is 214 Å². The molecule has 0 N–H and O–H groups in total. The molecule has 7 rings (SSSR count). The fourth-order valence-corrected chi connectivity index (χ4v) is 8.44. The summed E-state index contributed by atoms with van der Waals surface area (Å²) in [6.07, 6.45) is 0. The number of rotatable bonds is 3. The molecule has 1 heteroatoms. The summed E-state index contributed by atoms with van der Waals surface area (Å²) in [5, 5.41) is 10.7. The van der Waals surface area contributed by atoms with Crippen LogP contribution in [0.1, 0.15) is 0 Å². The molecule has 0 saturated heterocycles. The first-order valence-electron chi connectivity index (χ1n) is 11.9. The van der Waals surface area contributed by atoms with E-state index in [-0.39, 0.29) is 0 Å². The SMILES string of the molecule is c1ccc2cc([Te]c3c4ccccc4c(-c4ccc5ccccc5c4)c4ccccc34)ccc2c1. The molecule has 0 saturated carbocycles. The van der Waals surface area contributed by atoms with Gasteiger partial charge >= 0.3 is 216 Å². The first kappa shape index (κ1) is 20.7. The van der Waals surface area contributed by atoms with E-state index in [1.54, 1.807) is 0 Å². The number of fused-ring (bicyclic) bond motifs is 4. The van der Waals surface area contributed by atoms with Crippen molar-refractivity contribution in [1.82, 2.24) is 0 Å². The van der Waals surface area contributed by atoms with Crippen LogP contribution in [0.3, 0.4) is 0 Å². The number of benzene rings is 7. The van der Waals surface area contributed by atoms with E-state index in [4.69, 9.17) is 0 Å². The van der Waals surface area contributed by atoms with Crippen LogP contribution >= 0.6 is 0 Å². The summed E-state index contributed by atoms with van der Waals surface area (Å²) in [5.74, 6) is 0. The van der Waals surface area contributed by atoms with Gasteiger partial charge in [-0.15, -0.1) is 0 Å². The van der Waals surface area contributed by atoms with Crippen LogP contribution in [0.4, 0.5) is 0 Å². The van der Waals surface area contributed by atoms with E-state index in [9.17, 15) is 0 Å². The molecule has 0 radical (unpaired) electrons. The van der Waals surface area contributed by atoms with Gasteiger partial charge in [-0.1, -0.05) is 0 Å². The van der Waals surface area contributed by atoms with Gasteiger partial charge in [0.25, 0.3) is 0 Å². The van der Waals surface area contributed by atoms with Crippen molar-refractivity contribution in [3.8, 4) is 11.1 Å². The van der Waals surface area contributed by atoms with Gasteiger partial charge in [-0.25, -0.2) is 0 Å². The van der Waals surface area contributed by atoms with Crippen molar-refractivity contribution in [2.45, 2.75) is 0 Å². The van der Waals surface area contributed by atoms with E-state index < -0.39 is 20.9 Å². The number of hydrogen-bond acceptors (Lipinski definition) is 0. The van der Waals surface area contributed by atoms with Gasteiger partial charge in [0.05, 0.1) is 0 Å². The second kappa shape index (κ2) is 8.54. The van der Waals surface area contributed by atoms with Crippen molar-refractivity contribution in [3.05, 3.63) is 133 Å². The molecule has 0 nitrogen and oxygen atoms in total. The Hall–Kier alpha value is -3.63. The Morgan fingerprint density at radius 1 is 0.371 bits per heavy atom. The third-order valence-electron chi connectivity index (χ3n) is 6.86. The molecule has 7 aromatic carbocycles. The van der Waals surface area contributed by atoms with Gasteiger partial charge in [0.2, 0.25) is 0 Å². The Morgan fingerprint density at radius 3 is 1.49 bits per heavy atom. The minimum atomic E-state index is -0.593. The zero-order valence-corrected chi connectivity index (χ0v) is 21.4. The van der Waals surface area contributed by atoms with Gasteiger partial charge in [0, 0.05) is 0 Å². The molecule has 0 bridgehead atoms. The predicted molar refractivity (Wildman–Crippen MR) is 153 cm³/mol. The quantitative estimate of drug-likeness (QED) is 0.155. The fraction of sp³-hybridized carbons (Fsp3) is 0. The molecule has 0 unspecified atom stereocenters. The minimum absolute atomic E-state index is 0.593. The Balaban J connectivity index is 1.50. The maximum atomic E-state index is 2.40. The van der Waals surface area contributed by atoms with Crippen LogP contribution in [0, 0.1) is 0 Å². The van der Waals surface area contributed by atoms with Gasteiger partial charge in [-0.3, -0.25) is 0 Å². The van der Waals surface area contributed by atoms with Crippen LogP contribution in [0.5, 0.6) is 0 Å². The molecule has 0 spiro atoms. The summed E-state index contributed by atoms with van der Waals surface area (Å²) in [5.41, 5.74) is 2.63. The van der Waals surface area contributed by atoms with Crippen LogP contribution < -0.4 is 7.22 Å². The van der Waals surface area contributed by atoms with Gasteiger partial charge in [-0.05, 0) is 0 Å². The maximum absolute atomic E-state index is 2.40. The second-order valence-corrected chi connectivity index (χ2v) is 12.1.